The van der Waals surface area contributed by atoms with E-state index in [0.29, 0.717) is 13.2 Å². The summed E-state index contributed by atoms with van der Waals surface area (Å²) >= 11 is 0. The number of aryl methyl sites for hydroxylation is 1. The van der Waals surface area contributed by atoms with Crippen LogP contribution in [-0.2, 0) is 28.4 Å². The molecule has 0 spiro atoms. The molecule has 2 heterocycles. The summed E-state index contributed by atoms with van der Waals surface area (Å²) in [4.78, 5) is 0. The van der Waals surface area contributed by atoms with E-state index in [1.165, 1.54) is 11.1 Å². The van der Waals surface area contributed by atoms with E-state index in [4.69, 9.17) is 14.2 Å². The van der Waals surface area contributed by atoms with Crippen LogP contribution in [0.4, 0.5) is 0 Å². The molecule has 0 bridgehead atoms. The maximum atomic E-state index is 12.7. The lowest BCUT2D eigenvalue weighted by molar-refractivity contribution is -0.139. The van der Waals surface area contributed by atoms with Crippen LogP contribution in [-0.4, -0.2) is 50.5 Å². The minimum absolute atomic E-state index is 0.0776. The van der Waals surface area contributed by atoms with Crippen LogP contribution in [0.5, 0.6) is 11.5 Å². The normalized spacial score (nSPS) is 28.3. The van der Waals surface area contributed by atoms with Gasteiger partial charge in [0.2, 0.25) is 0 Å². The molecule has 3 aliphatic rings. The molecular weight excluding hydrogens is 428 g/mol. The number of hydrogen-bond acceptors (Lipinski definition) is 6. The molecule has 1 saturated heterocycles. The van der Waals surface area contributed by atoms with E-state index in [9.17, 15) is 14.4 Å². The van der Waals surface area contributed by atoms with E-state index in [2.05, 4.69) is 25.1 Å². The van der Waals surface area contributed by atoms with E-state index in [-0.39, 0.29) is 11.7 Å². The van der Waals surface area contributed by atoms with Crippen molar-refractivity contribution in [3.63, 3.8) is 0 Å². The van der Waals surface area contributed by atoms with E-state index >= 15 is 0 Å². The van der Waals surface area contributed by atoms with Gasteiger partial charge in [-0.1, -0.05) is 31.2 Å². The summed E-state index contributed by atoms with van der Waals surface area (Å²) in [5.41, 5.74) is 3.67. The molecule has 6 nitrogen and oxygen atoms in total. The number of fused-ring (bicyclic) bond motifs is 1. The third-order valence-electron chi connectivity index (χ3n) is 6.49. The first kappa shape index (κ1) is 21.9. The average Bonchev–Trinajstić information content (AvgIpc) is 3.66. The van der Waals surface area contributed by atoms with Crippen LogP contribution in [0.25, 0.3) is 0 Å². The van der Waals surface area contributed by atoms with Gasteiger partial charge in [0.15, 0.2) is 16.9 Å². The van der Waals surface area contributed by atoms with Gasteiger partial charge in [-0.3, -0.25) is 4.21 Å². The van der Waals surface area contributed by atoms with Crippen LogP contribution >= 0.6 is 0 Å². The third-order valence-corrected chi connectivity index (χ3v) is 8.47. The lowest BCUT2D eigenvalue weighted by atomic mass is 9.91. The SMILES string of the molecule is CCc1ccc([C@H]2C[C@@H](O)[C@H](O)C(S(=O)C3CC3)O2)cc1Cc1ccc2c(c1)OCCO2. The van der Waals surface area contributed by atoms with Gasteiger partial charge in [-0.25, -0.2) is 0 Å². The van der Waals surface area contributed by atoms with Crippen molar-refractivity contribution in [3.05, 3.63) is 58.7 Å². The van der Waals surface area contributed by atoms with Crippen molar-refractivity contribution < 1.29 is 28.6 Å². The topological polar surface area (TPSA) is 85.2 Å². The van der Waals surface area contributed by atoms with Crippen molar-refractivity contribution in [1.82, 2.24) is 0 Å². The first-order valence-electron chi connectivity index (χ1n) is 11.4. The summed E-state index contributed by atoms with van der Waals surface area (Å²) in [5, 5.41) is 20.9. The van der Waals surface area contributed by atoms with Crippen molar-refractivity contribution in [2.24, 2.45) is 0 Å². The molecule has 7 heteroatoms. The number of aliphatic hydroxyl groups is 2. The van der Waals surface area contributed by atoms with E-state index in [1.807, 2.05) is 18.2 Å². The Balaban J connectivity index is 1.39. The number of benzene rings is 2. The van der Waals surface area contributed by atoms with Crippen LogP contribution in [0.2, 0.25) is 0 Å². The van der Waals surface area contributed by atoms with Crippen LogP contribution in [0.15, 0.2) is 36.4 Å². The molecule has 2 N–H and O–H groups in total. The summed E-state index contributed by atoms with van der Waals surface area (Å²) in [5.74, 6) is 1.56. The summed E-state index contributed by atoms with van der Waals surface area (Å²) in [6.07, 6.45) is 1.26. The minimum atomic E-state index is -1.29. The molecule has 1 saturated carbocycles. The Kier molecular flexibility index (Phi) is 6.25. The fraction of sp³-hybridized carbons (Fsp3) is 0.520. The Morgan fingerprint density at radius 1 is 1.00 bits per heavy atom. The highest BCUT2D eigenvalue weighted by Gasteiger charge is 2.45. The van der Waals surface area contributed by atoms with Crippen molar-refractivity contribution in [2.45, 2.75) is 68.0 Å². The van der Waals surface area contributed by atoms with Crippen molar-refractivity contribution in [3.8, 4) is 11.5 Å². The first-order chi connectivity index (χ1) is 15.5. The maximum Gasteiger partial charge on any atom is 0.161 e. The predicted octanol–water partition coefficient (Wildman–Crippen LogP) is 3.03. The highest BCUT2D eigenvalue weighted by molar-refractivity contribution is 7.86. The lowest BCUT2D eigenvalue weighted by Gasteiger charge is -2.37. The number of hydrogen-bond donors (Lipinski definition) is 2. The zero-order valence-electron chi connectivity index (χ0n) is 18.2. The molecule has 2 fully saturated rings. The highest BCUT2D eigenvalue weighted by Crippen LogP contribution is 2.38. The molecule has 0 radical (unpaired) electrons. The molecule has 172 valence electrons. The molecule has 2 aromatic rings. The van der Waals surface area contributed by atoms with Gasteiger partial charge in [0.05, 0.1) is 23.0 Å². The fourth-order valence-electron chi connectivity index (χ4n) is 4.51. The van der Waals surface area contributed by atoms with Crippen LogP contribution in [0.3, 0.4) is 0 Å². The molecular formula is C25H30O6S. The Morgan fingerprint density at radius 3 is 2.53 bits per heavy atom. The largest absolute Gasteiger partial charge is 0.486 e. The summed E-state index contributed by atoms with van der Waals surface area (Å²) < 4.78 is 30.2. The first-order valence-corrected chi connectivity index (χ1v) is 12.7. The monoisotopic (exact) mass is 458 g/mol. The minimum Gasteiger partial charge on any atom is -0.486 e. The van der Waals surface area contributed by atoms with E-state index < -0.39 is 34.5 Å². The Bertz CT molecular complexity index is 1000. The smallest absolute Gasteiger partial charge is 0.161 e. The molecule has 0 amide bonds. The van der Waals surface area contributed by atoms with Crippen molar-refractivity contribution >= 4 is 10.8 Å². The van der Waals surface area contributed by atoms with E-state index in [1.54, 1.807) is 0 Å². The standard InChI is InChI=1S/C25H30O6S/c1-2-16-4-5-17(22-14-20(26)24(27)25(31-22)32(28)19-6-7-19)13-18(16)11-15-3-8-21-23(12-15)30-10-9-29-21/h3-5,8,12-13,19-20,22,24-27H,2,6-7,9-11,14H2,1H3/t20-,22-,24+,25?,32?/m1/s1. The average molecular weight is 459 g/mol. The fourth-order valence-corrected chi connectivity index (χ4v) is 6.19. The van der Waals surface area contributed by atoms with Crippen LogP contribution in [0.1, 0.15) is 54.5 Å². The summed E-state index contributed by atoms with van der Waals surface area (Å²) in [7, 11) is -1.29. The van der Waals surface area contributed by atoms with Gasteiger partial charge in [0.1, 0.15) is 19.3 Å². The zero-order valence-corrected chi connectivity index (χ0v) is 19.1. The van der Waals surface area contributed by atoms with Crippen LogP contribution in [0, 0.1) is 0 Å². The van der Waals surface area contributed by atoms with Crippen molar-refractivity contribution in [1.29, 1.82) is 0 Å². The van der Waals surface area contributed by atoms with Gasteiger partial charge in [-0.05, 0) is 60.1 Å². The number of rotatable bonds is 6. The molecule has 2 aliphatic heterocycles. The van der Waals surface area contributed by atoms with Gasteiger partial charge in [-0.15, -0.1) is 0 Å². The predicted molar refractivity (Wildman–Crippen MR) is 121 cm³/mol. The Labute approximate surface area is 191 Å². The molecule has 32 heavy (non-hydrogen) atoms. The second kappa shape index (κ2) is 9.14. The molecule has 5 atom stereocenters. The second-order valence-electron chi connectivity index (χ2n) is 8.85. The molecule has 1 aliphatic carbocycles. The third kappa shape index (κ3) is 4.44. The Hall–Kier alpha value is -1.93. The maximum absolute atomic E-state index is 12.7. The number of aliphatic hydroxyl groups excluding tert-OH is 2. The van der Waals surface area contributed by atoms with Crippen molar-refractivity contribution in [2.75, 3.05) is 13.2 Å². The molecule has 5 rings (SSSR count). The lowest BCUT2D eigenvalue weighted by Crippen LogP contribution is -2.48. The van der Waals surface area contributed by atoms with E-state index in [0.717, 1.165) is 48.3 Å². The number of ether oxygens (including phenoxy) is 3. The van der Waals surface area contributed by atoms with Gasteiger partial charge in [-0.2, -0.15) is 0 Å². The molecule has 2 unspecified atom stereocenters. The zero-order chi connectivity index (χ0) is 22.2. The van der Waals surface area contributed by atoms with Gasteiger partial charge < -0.3 is 24.4 Å². The second-order valence-corrected chi connectivity index (χ2v) is 10.6. The quantitative estimate of drug-likeness (QED) is 0.692. The summed E-state index contributed by atoms with van der Waals surface area (Å²) in [6, 6.07) is 12.3. The Morgan fingerprint density at radius 2 is 1.78 bits per heavy atom. The molecule has 0 aromatic heterocycles. The van der Waals surface area contributed by atoms with Gasteiger partial charge >= 0.3 is 0 Å². The molecule has 2 aromatic carbocycles. The summed E-state index contributed by atoms with van der Waals surface area (Å²) in [6.45, 7) is 3.26. The highest BCUT2D eigenvalue weighted by atomic mass is 32.2. The van der Waals surface area contributed by atoms with Gasteiger partial charge in [0.25, 0.3) is 0 Å². The van der Waals surface area contributed by atoms with Gasteiger partial charge in [0, 0.05) is 11.7 Å². The van der Waals surface area contributed by atoms with Crippen LogP contribution < -0.4 is 9.47 Å².